The number of aromatic nitrogens is 2. The van der Waals surface area contributed by atoms with Gasteiger partial charge in [-0.15, -0.1) is 6.42 Å². The van der Waals surface area contributed by atoms with Gasteiger partial charge < -0.3 is 0 Å². The van der Waals surface area contributed by atoms with Gasteiger partial charge in [0, 0.05) is 6.20 Å². The fraction of sp³-hybridized carbons (Fsp3) is 0.286. The van der Waals surface area contributed by atoms with Gasteiger partial charge in [-0.25, -0.2) is 4.68 Å². The van der Waals surface area contributed by atoms with Gasteiger partial charge in [0.2, 0.25) is 0 Å². The molecule has 5 heteroatoms. The van der Waals surface area contributed by atoms with Crippen LogP contribution in [0.4, 0.5) is 13.2 Å². The van der Waals surface area contributed by atoms with E-state index in [2.05, 4.69) is 11.0 Å². The number of halogens is 3. The molecule has 0 aliphatic heterocycles. The smallest absolute Gasteiger partial charge is 0.248 e. The van der Waals surface area contributed by atoms with Crippen molar-refractivity contribution in [3.8, 4) is 12.3 Å². The Labute approximate surface area is 67.0 Å². The van der Waals surface area contributed by atoms with Crippen molar-refractivity contribution in [2.75, 3.05) is 0 Å². The lowest BCUT2D eigenvalue weighted by atomic mass is 10.4. The average molecular weight is 174 g/mol. The Bertz CT molecular complexity index is 305. The molecule has 0 saturated carbocycles. The fourth-order valence-electron chi connectivity index (χ4n) is 0.786. The first kappa shape index (κ1) is 8.65. The topological polar surface area (TPSA) is 17.8 Å². The van der Waals surface area contributed by atoms with E-state index >= 15 is 0 Å². The number of hydrogen-bond donors (Lipinski definition) is 0. The van der Waals surface area contributed by atoms with Crippen LogP contribution in [0.2, 0.25) is 0 Å². The molecule has 0 saturated heterocycles. The van der Waals surface area contributed by atoms with Crippen molar-refractivity contribution < 1.29 is 13.2 Å². The van der Waals surface area contributed by atoms with Gasteiger partial charge in [-0.3, -0.25) is 0 Å². The average Bonchev–Trinajstić information content (AvgIpc) is 2.34. The summed E-state index contributed by atoms with van der Waals surface area (Å²) in [5, 5.41) is 3.43. The summed E-state index contributed by atoms with van der Waals surface area (Å²) >= 11 is 0. The van der Waals surface area contributed by atoms with Crippen LogP contribution >= 0.6 is 0 Å². The molecular weight excluding hydrogens is 169 g/mol. The summed E-state index contributed by atoms with van der Waals surface area (Å²) in [7, 11) is 0. The minimum Gasteiger partial charge on any atom is -0.248 e. The van der Waals surface area contributed by atoms with Gasteiger partial charge in [-0.1, -0.05) is 5.92 Å². The van der Waals surface area contributed by atoms with E-state index in [1.807, 2.05) is 0 Å². The third-order valence-corrected chi connectivity index (χ3v) is 1.25. The van der Waals surface area contributed by atoms with Gasteiger partial charge >= 0.3 is 6.18 Å². The second-order valence-electron chi connectivity index (χ2n) is 2.08. The fourth-order valence-corrected chi connectivity index (χ4v) is 0.786. The molecule has 1 rings (SSSR count). The van der Waals surface area contributed by atoms with Gasteiger partial charge in [0.1, 0.15) is 12.2 Å². The van der Waals surface area contributed by atoms with Crippen LogP contribution < -0.4 is 0 Å². The number of terminal acetylenes is 1. The second kappa shape index (κ2) is 2.89. The van der Waals surface area contributed by atoms with Crippen molar-refractivity contribution in [3.05, 3.63) is 18.0 Å². The van der Waals surface area contributed by atoms with Gasteiger partial charge in [-0.2, -0.15) is 18.3 Å². The molecule has 0 spiro atoms. The van der Waals surface area contributed by atoms with Crippen LogP contribution in [0.15, 0.2) is 12.3 Å². The van der Waals surface area contributed by atoms with E-state index in [0.717, 1.165) is 16.9 Å². The highest BCUT2D eigenvalue weighted by Crippen LogP contribution is 2.28. The van der Waals surface area contributed by atoms with E-state index < -0.39 is 11.9 Å². The van der Waals surface area contributed by atoms with Crippen molar-refractivity contribution in [2.45, 2.75) is 12.7 Å². The molecule has 0 bridgehead atoms. The first-order valence-electron chi connectivity index (χ1n) is 3.08. The lowest BCUT2D eigenvalue weighted by Crippen LogP contribution is -2.13. The molecule has 2 nitrogen and oxygen atoms in total. The molecule has 12 heavy (non-hydrogen) atoms. The van der Waals surface area contributed by atoms with Gasteiger partial charge in [0.05, 0.1) is 0 Å². The van der Waals surface area contributed by atoms with Crippen molar-refractivity contribution in [2.24, 2.45) is 0 Å². The molecule has 0 aliphatic rings. The zero-order valence-corrected chi connectivity index (χ0v) is 5.97. The van der Waals surface area contributed by atoms with Crippen molar-refractivity contribution in [1.29, 1.82) is 0 Å². The van der Waals surface area contributed by atoms with E-state index in [0.29, 0.717) is 0 Å². The first-order chi connectivity index (χ1) is 5.55. The standard InChI is InChI=1S/C7H5F3N2/c1-2-5-12-6(3-4-11-12)7(8,9)10/h1,3-4H,5H2. The number of hydrogen-bond acceptors (Lipinski definition) is 1. The summed E-state index contributed by atoms with van der Waals surface area (Å²) in [4.78, 5) is 0. The highest BCUT2D eigenvalue weighted by Gasteiger charge is 2.34. The molecule has 0 amide bonds. The monoisotopic (exact) mass is 174 g/mol. The van der Waals surface area contributed by atoms with Crippen LogP contribution in [0.25, 0.3) is 0 Å². The Morgan fingerprint density at radius 1 is 1.58 bits per heavy atom. The van der Waals surface area contributed by atoms with E-state index in [-0.39, 0.29) is 6.54 Å². The van der Waals surface area contributed by atoms with E-state index in [9.17, 15) is 13.2 Å². The first-order valence-corrected chi connectivity index (χ1v) is 3.08. The summed E-state index contributed by atoms with van der Waals surface area (Å²) < 4.78 is 37.0. The summed E-state index contributed by atoms with van der Waals surface area (Å²) in [6, 6.07) is 0.886. The maximum Gasteiger partial charge on any atom is 0.433 e. The van der Waals surface area contributed by atoms with Crippen LogP contribution in [0.1, 0.15) is 5.69 Å². The third-order valence-electron chi connectivity index (χ3n) is 1.25. The third kappa shape index (κ3) is 1.59. The van der Waals surface area contributed by atoms with Crippen molar-refractivity contribution in [3.63, 3.8) is 0 Å². The predicted molar refractivity (Wildman–Crippen MR) is 36.1 cm³/mol. The highest BCUT2D eigenvalue weighted by atomic mass is 19.4. The molecule has 1 aromatic heterocycles. The number of alkyl halides is 3. The van der Waals surface area contributed by atoms with Gasteiger partial charge in [0.25, 0.3) is 0 Å². The predicted octanol–water partition coefficient (Wildman–Crippen LogP) is 1.54. The van der Waals surface area contributed by atoms with Crippen LogP contribution in [0.5, 0.6) is 0 Å². The highest BCUT2D eigenvalue weighted by molar-refractivity contribution is 5.06. The minimum absolute atomic E-state index is 0.165. The Hall–Kier alpha value is -1.44. The van der Waals surface area contributed by atoms with Crippen LogP contribution in [-0.2, 0) is 12.7 Å². The summed E-state index contributed by atoms with van der Waals surface area (Å²) in [6.07, 6.45) is 1.54. The zero-order valence-electron chi connectivity index (χ0n) is 5.97. The van der Waals surface area contributed by atoms with Crippen LogP contribution in [-0.4, -0.2) is 9.78 Å². The minimum atomic E-state index is -4.38. The SMILES string of the molecule is C#CCn1nccc1C(F)(F)F. The van der Waals surface area contributed by atoms with Crippen LogP contribution in [0, 0.1) is 12.3 Å². The summed E-state index contributed by atoms with van der Waals surface area (Å²) in [5.41, 5.74) is -0.819. The molecule has 0 fully saturated rings. The van der Waals surface area contributed by atoms with Gasteiger partial charge in [0.15, 0.2) is 0 Å². The molecule has 1 aromatic rings. The van der Waals surface area contributed by atoms with E-state index in [1.165, 1.54) is 0 Å². The Kier molecular flexibility index (Phi) is 2.09. The molecule has 0 atom stereocenters. The van der Waals surface area contributed by atoms with Crippen LogP contribution in [0.3, 0.4) is 0 Å². The zero-order chi connectivity index (χ0) is 9.19. The molecule has 1 heterocycles. The molecule has 0 aromatic carbocycles. The van der Waals surface area contributed by atoms with Gasteiger partial charge in [-0.05, 0) is 6.07 Å². The number of nitrogens with zero attached hydrogens (tertiary/aromatic N) is 2. The maximum atomic E-state index is 12.1. The van der Waals surface area contributed by atoms with E-state index in [4.69, 9.17) is 6.42 Å². The molecule has 0 unspecified atom stereocenters. The largest absolute Gasteiger partial charge is 0.433 e. The second-order valence-corrected chi connectivity index (χ2v) is 2.08. The molecule has 0 N–H and O–H groups in total. The van der Waals surface area contributed by atoms with Crippen molar-refractivity contribution >= 4 is 0 Å². The van der Waals surface area contributed by atoms with E-state index in [1.54, 1.807) is 0 Å². The Morgan fingerprint density at radius 2 is 2.25 bits per heavy atom. The number of rotatable bonds is 1. The summed E-state index contributed by atoms with van der Waals surface area (Å²) in [6.45, 7) is -0.165. The maximum absolute atomic E-state index is 12.1. The summed E-state index contributed by atoms with van der Waals surface area (Å²) in [5.74, 6) is 2.08. The quantitative estimate of drug-likeness (QED) is 0.590. The van der Waals surface area contributed by atoms with Crippen molar-refractivity contribution in [1.82, 2.24) is 9.78 Å². The normalized spacial score (nSPS) is 11.2. The lowest BCUT2D eigenvalue weighted by Gasteiger charge is -2.06. The molecular formula is C7H5F3N2. The molecule has 0 aliphatic carbocycles. The molecule has 0 radical (unpaired) electrons. The Morgan fingerprint density at radius 3 is 2.75 bits per heavy atom. The lowest BCUT2D eigenvalue weighted by molar-refractivity contribution is -0.143. The Balaban J connectivity index is 3.01. The molecule has 64 valence electrons.